The number of ether oxygens (including phenoxy) is 4. The van der Waals surface area contributed by atoms with Gasteiger partial charge in [0, 0.05) is 17.3 Å². The van der Waals surface area contributed by atoms with Gasteiger partial charge in [-0.1, -0.05) is 12.2 Å². The molecule has 0 aliphatic carbocycles. The molecule has 1 aromatic carbocycles. The Kier molecular flexibility index (Phi) is 8.13. The third-order valence-corrected chi connectivity index (χ3v) is 4.78. The number of aromatic hydroxyl groups is 1. The highest BCUT2D eigenvalue weighted by atomic mass is 16.5. The Labute approximate surface area is 182 Å². The average Bonchev–Trinajstić information content (AvgIpc) is 2.72. The number of hydrogen-bond donors (Lipinski definition) is 2. The molecule has 2 N–H and O–H groups in total. The second-order valence-electron chi connectivity index (χ2n) is 6.75. The fourth-order valence-corrected chi connectivity index (χ4v) is 3.41. The van der Waals surface area contributed by atoms with Gasteiger partial charge >= 0.3 is 11.9 Å². The Hall–Kier alpha value is -3.42. The number of nitrogens with one attached hydrogen (secondary N) is 1. The summed E-state index contributed by atoms with van der Waals surface area (Å²) in [5.74, 6) is -1.37. The summed E-state index contributed by atoms with van der Waals surface area (Å²) in [5, 5.41) is 13.2. The molecule has 0 spiro atoms. The van der Waals surface area contributed by atoms with Crippen molar-refractivity contribution in [2.75, 3.05) is 27.4 Å². The van der Waals surface area contributed by atoms with Gasteiger partial charge in [-0.25, -0.2) is 9.59 Å². The van der Waals surface area contributed by atoms with Crippen molar-refractivity contribution in [3.63, 3.8) is 0 Å². The number of methoxy groups -OCH3 is 2. The summed E-state index contributed by atoms with van der Waals surface area (Å²) in [5.41, 5.74) is 2.49. The highest BCUT2D eigenvalue weighted by Gasteiger charge is 2.35. The number of carbonyl (C=O) groups is 2. The second-order valence-corrected chi connectivity index (χ2v) is 6.75. The lowest BCUT2D eigenvalue weighted by Gasteiger charge is -2.28. The van der Waals surface area contributed by atoms with Crippen LogP contribution in [0.25, 0.3) is 6.08 Å². The molecule has 1 aliphatic heterocycles. The van der Waals surface area contributed by atoms with E-state index < -0.39 is 17.9 Å². The first-order valence-corrected chi connectivity index (χ1v) is 9.94. The number of benzene rings is 1. The molecule has 0 fully saturated rings. The van der Waals surface area contributed by atoms with E-state index in [2.05, 4.69) is 5.32 Å². The van der Waals surface area contributed by atoms with Crippen molar-refractivity contribution in [1.82, 2.24) is 5.32 Å². The Bertz CT molecular complexity index is 878. The van der Waals surface area contributed by atoms with E-state index in [1.54, 1.807) is 52.0 Å². The number of dihydropyridines is 1. The minimum Gasteiger partial charge on any atom is -0.502 e. The van der Waals surface area contributed by atoms with Gasteiger partial charge in [-0.15, -0.1) is 0 Å². The van der Waals surface area contributed by atoms with E-state index in [0.717, 1.165) is 0 Å². The first-order chi connectivity index (χ1) is 14.8. The van der Waals surface area contributed by atoms with Gasteiger partial charge < -0.3 is 29.4 Å². The summed E-state index contributed by atoms with van der Waals surface area (Å²) in [6, 6.07) is 3.24. The number of carbonyl (C=O) groups excluding carboxylic acids is 2. The summed E-state index contributed by atoms with van der Waals surface area (Å²) in [4.78, 5) is 25.4. The van der Waals surface area contributed by atoms with E-state index in [4.69, 9.17) is 18.9 Å². The molecular weight excluding hydrogens is 402 g/mol. The van der Waals surface area contributed by atoms with Gasteiger partial charge in [0.2, 0.25) is 5.75 Å². The van der Waals surface area contributed by atoms with Crippen LogP contribution in [0.1, 0.15) is 33.3 Å². The zero-order chi connectivity index (χ0) is 23.1. The average molecular weight is 431 g/mol. The Morgan fingerprint density at radius 3 is 1.81 bits per heavy atom. The van der Waals surface area contributed by atoms with Crippen LogP contribution in [0.15, 0.2) is 40.7 Å². The number of rotatable bonds is 8. The molecule has 1 aromatic rings. The molecule has 0 saturated heterocycles. The van der Waals surface area contributed by atoms with Crippen molar-refractivity contribution in [3.8, 4) is 17.2 Å². The van der Waals surface area contributed by atoms with Crippen LogP contribution < -0.4 is 14.8 Å². The van der Waals surface area contributed by atoms with Crippen molar-refractivity contribution in [3.05, 3.63) is 46.3 Å². The summed E-state index contributed by atoms with van der Waals surface area (Å²) in [6.07, 6.45) is 3.44. The van der Waals surface area contributed by atoms with E-state index in [1.165, 1.54) is 14.2 Å². The molecule has 0 amide bonds. The first kappa shape index (κ1) is 23.9. The first-order valence-electron chi connectivity index (χ1n) is 9.94. The molecular formula is C23H29NO7. The number of phenolic OH excluding ortho intramolecular Hbond substituents is 1. The van der Waals surface area contributed by atoms with Gasteiger partial charge in [0.25, 0.3) is 0 Å². The maximum absolute atomic E-state index is 12.7. The number of esters is 2. The molecule has 0 bridgehead atoms. The standard InChI is InChI=1S/C23H29NO7/c1-7-30-22(26)19-13(3)24-14(4)20(23(27)31-8-2)16(19)10-9-15-11-17(28-5)21(25)18(12-15)29-6/h9-12,16,24-25H,7-8H2,1-6H3. The SMILES string of the molecule is CCOC(=O)C1=C(C)NC(C)=C(C(=O)OCC)C1C=Cc1cc(OC)c(O)c(OC)c1. The van der Waals surface area contributed by atoms with Crippen molar-refractivity contribution >= 4 is 18.0 Å². The molecule has 0 atom stereocenters. The van der Waals surface area contributed by atoms with Crippen LogP contribution in [-0.4, -0.2) is 44.5 Å². The predicted octanol–water partition coefficient (Wildman–Crippen LogP) is 3.32. The minimum atomic E-state index is -0.690. The van der Waals surface area contributed by atoms with Crippen LogP contribution in [0.2, 0.25) is 0 Å². The Morgan fingerprint density at radius 1 is 0.968 bits per heavy atom. The Morgan fingerprint density at radius 2 is 1.42 bits per heavy atom. The molecule has 31 heavy (non-hydrogen) atoms. The number of phenols is 1. The third kappa shape index (κ3) is 5.20. The fourth-order valence-electron chi connectivity index (χ4n) is 3.41. The Balaban J connectivity index is 2.58. The second kappa shape index (κ2) is 10.6. The molecule has 1 aliphatic rings. The lowest BCUT2D eigenvalue weighted by molar-refractivity contribution is -0.139. The predicted molar refractivity (Wildman–Crippen MR) is 116 cm³/mol. The topological polar surface area (TPSA) is 103 Å². The van der Waals surface area contributed by atoms with Crippen LogP contribution in [0, 0.1) is 5.92 Å². The van der Waals surface area contributed by atoms with E-state index >= 15 is 0 Å². The van der Waals surface area contributed by atoms with Crippen molar-refractivity contribution in [2.45, 2.75) is 27.7 Å². The van der Waals surface area contributed by atoms with Crippen LogP contribution in [0.5, 0.6) is 17.2 Å². The molecule has 8 heteroatoms. The fraction of sp³-hybridized carbons (Fsp3) is 0.391. The van der Waals surface area contributed by atoms with Gasteiger partial charge in [-0.3, -0.25) is 0 Å². The van der Waals surface area contributed by atoms with Gasteiger partial charge in [0.1, 0.15) is 0 Å². The summed E-state index contributed by atoms with van der Waals surface area (Å²) >= 11 is 0. The van der Waals surface area contributed by atoms with Gasteiger partial charge in [-0.05, 0) is 45.4 Å². The normalized spacial score (nSPS) is 14.5. The molecule has 0 saturated carbocycles. The molecule has 168 valence electrons. The van der Waals surface area contributed by atoms with E-state index in [9.17, 15) is 14.7 Å². The lowest BCUT2D eigenvalue weighted by atomic mass is 9.84. The molecule has 8 nitrogen and oxygen atoms in total. The summed E-state index contributed by atoms with van der Waals surface area (Å²) in [7, 11) is 2.87. The molecule has 1 heterocycles. The number of hydrogen-bond acceptors (Lipinski definition) is 8. The summed E-state index contributed by atoms with van der Waals surface area (Å²) < 4.78 is 20.8. The van der Waals surface area contributed by atoms with Crippen LogP contribution in [0.4, 0.5) is 0 Å². The van der Waals surface area contributed by atoms with Crippen molar-refractivity contribution in [2.24, 2.45) is 5.92 Å². The van der Waals surface area contributed by atoms with E-state index in [0.29, 0.717) is 28.1 Å². The van der Waals surface area contributed by atoms with Crippen molar-refractivity contribution in [1.29, 1.82) is 0 Å². The van der Waals surface area contributed by atoms with Crippen LogP contribution >= 0.6 is 0 Å². The molecule has 2 rings (SSSR count). The quantitative estimate of drug-likeness (QED) is 0.604. The number of allylic oxidation sites excluding steroid dienone is 3. The van der Waals surface area contributed by atoms with Crippen molar-refractivity contribution < 1.29 is 33.6 Å². The molecule has 0 radical (unpaired) electrons. The highest BCUT2D eigenvalue weighted by molar-refractivity contribution is 5.98. The summed E-state index contributed by atoms with van der Waals surface area (Å²) in [6.45, 7) is 7.36. The maximum atomic E-state index is 12.7. The highest BCUT2D eigenvalue weighted by Crippen LogP contribution is 2.38. The minimum absolute atomic E-state index is 0.116. The van der Waals surface area contributed by atoms with Gasteiger partial charge in [0.15, 0.2) is 11.5 Å². The monoisotopic (exact) mass is 431 g/mol. The zero-order valence-corrected chi connectivity index (χ0v) is 18.7. The lowest BCUT2D eigenvalue weighted by Crippen LogP contribution is -2.32. The van der Waals surface area contributed by atoms with Crippen LogP contribution in [0.3, 0.4) is 0 Å². The largest absolute Gasteiger partial charge is 0.502 e. The maximum Gasteiger partial charge on any atom is 0.336 e. The van der Waals surface area contributed by atoms with E-state index in [-0.39, 0.29) is 30.5 Å². The molecule has 0 aromatic heterocycles. The third-order valence-electron chi connectivity index (χ3n) is 4.78. The van der Waals surface area contributed by atoms with Gasteiger partial charge in [0.05, 0.1) is 38.6 Å². The zero-order valence-electron chi connectivity index (χ0n) is 18.7. The molecule has 0 unspecified atom stereocenters. The van der Waals surface area contributed by atoms with E-state index in [1.807, 2.05) is 0 Å². The van der Waals surface area contributed by atoms with Crippen LogP contribution in [-0.2, 0) is 19.1 Å². The van der Waals surface area contributed by atoms with Gasteiger partial charge in [-0.2, -0.15) is 0 Å². The smallest absolute Gasteiger partial charge is 0.336 e.